The van der Waals surface area contributed by atoms with Crippen molar-refractivity contribution >= 4 is 17.0 Å². The van der Waals surface area contributed by atoms with Gasteiger partial charge in [-0.15, -0.1) is 11.3 Å². The van der Waals surface area contributed by atoms with Crippen LogP contribution in [-0.2, 0) is 5.41 Å². The van der Waals surface area contributed by atoms with Crippen LogP contribution in [0.4, 0.5) is 5.69 Å². The lowest BCUT2D eigenvalue weighted by Crippen LogP contribution is -2.10. The van der Waals surface area contributed by atoms with E-state index >= 15 is 0 Å². The summed E-state index contributed by atoms with van der Waals surface area (Å²) >= 11 is 1.58. The van der Waals surface area contributed by atoms with Gasteiger partial charge in [0.15, 0.2) is 0 Å². The minimum atomic E-state index is -0.388. The molecule has 0 saturated heterocycles. The molecule has 0 aliphatic heterocycles. The van der Waals surface area contributed by atoms with E-state index in [-0.39, 0.29) is 16.0 Å². The Morgan fingerprint density at radius 3 is 2.61 bits per heavy atom. The first-order valence-electron chi connectivity index (χ1n) is 5.59. The maximum Gasteiger partial charge on any atom is 0.270 e. The Morgan fingerprint density at radius 2 is 2.06 bits per heavy atom. The van der Waals surface area contributed by atoms with Crippen molar-refractivity contribution in [1.82, 2.24) is 4.98 Å². The van der Waals surface area contributed by atoms with Crippen LogP contribution in [0.15, 0.2) is 29.6 Å². The minimum Gasteiger partial charge on any atom is -0.258 e. The molecule has 0 N–H and O–H groups in total. The largest absolute Gasteiger partial charge is 0.270 e. The second-order valence-corrected chi connectivity index (χ2v) is 5.95. The first-order valence-corrected chi connectivity index (χ1v) is 6.47. The van der Waals surface area contributed by atoms with Crippen molar-refractivity contribution in [2.75, 3.05) is 0 Å². The molecule has 0 aliphatic carbocycles. The molecule has 1 aromatic carbocycles. The van der Waals surface area contributed by atoms with Gasteiger partial charge >= 0.3 is 0 Å². The summed E-state index contributed by atoms with van der Waals surface area (Å²) in [7, 11) is 0. The van der Waals surface area contributed by atoms with Gasteiger partial charge in [-0.3, -0.25) is 10.1 Å². The highest BCUT2D eigenvalue weighted by Crippen LogP contribution is 2.30. The van der Waals surface area contributed by atoms with Crippen molar-refractivity contribution in [3.63, 3.8) is 0 Å². The summed E-state index contributed by atoms with van der Waals surface area (Å²) < 4.78 is 0. The lowest BCUT2D eigenvalue weighted by atomic mass is 9.98. The average Bonchev–Trinajstić information content (AvgIpc) is 2.78. The van der Waals surface area contributed by atoms with Crippen molar-refractivity contribution in [2.24, 2.45) is 0 Å². The van der Waals surface area contributed by atoms with Gasteiger partial charge in [0.05, 0.1) is 15.6 Å². The number of nitro benzene ring substituents is 1. The van der Waals surface area contributed by atoms with E-state index in [1.807, 2.05) is 11.4 Å². The highest BCUT2D eigenvalue weighted by Gasteiger charge is 2.19. The van der Waals surface area contributed by atoms with Crippen molar-refractivity contribution in [1.29, 1.82) is 0 Å². The summed E-state index contributed by atoms with van der Waals surface area (Å²) in [5, 5.41) is 13.7. The number of non-ortho nitro benzene ring substituents is 1. The van der Waals surface area contributed by atoms with E-state index < -0.39 is 0 Å². The van der Waals surface area contributed by atoms with Crippen LogP contribution in [0, 0.1) is 10.1 Å². The molecular formula is C13H14N2O2S. The van der Waals surface area contributed by atoms with Crippen LogP contribution in [0.25, 0.3) is 11.3 Å². The summed E-state index contributed by atoms with van der Waals surface area (Å²) in [6.45, 7) is 6.30. The van der Waals surface area contributed by atoms with Crippen molar-refractivity contribution in [3.8, 4) is 11.3 Å². The summed E-state index contributed by atoms with van der Waals surface area (Å²) in [5.74, 6) is 0. The minimum absolute atomic E-state index is 0.00360. The van der Waals surface area contributed by atoms with Crippen LogP contribution in [0.1, 0.15) is 25.8 Å². The van der Waals surface area contributed by atoms with Crippen molar-refractivity contribution in [3.05, 3.63) is 44.8 Å². The van der Waals surface area contributed by atoms with Crippen LogP contribution < -0.4 is 0 Å². The number of benzene rings is 1. The molecule has 94 valence electrons. The molecule has 0 bridgehead atoms. The summed E-state index contributed by atoms with van der Waals surface area (Å²) in [6, 6.07) is 6.57. The van der Waals surface area contributed by atoms with E-state index in [2.05, 4.69) is 25.8 Å². The molecule has 4 nitrogen and oxygen atoms in total. The maximum atomic E-state index is 10.7. The average molecular weight is 262 g/mol. The molecule has 5 heteroatoms. The zero-order chi connectivity index (χ0) is 13.3. The zero-order valence-corrected chi connectivity index (χ0v) is 11.3. The second-order valence-electron chi connectivity index (χ2n) is 5.10. The summed E-state index contributed by atoms with van der Waals surface area (Å²) in [5.41, 5.74) is 1.69. The van der Waals surface area contributed by atoms with Crippen LogP contribution in [0.2, 0.25) is 0 Å². The Kier molecular flexibility index (Phi) is 3.17. The van der Waals surface area contributed by atoms with Crippen molar-refractivity contribution in [2.45, 2.75) is 26.2 Å². The molecule has 0 amide bonds. The highest BCUT2D eigenvalue weighted by molar-refractivity contribution is 7.10. The first-order chi connectivity index (χ1) is 8.38. The molecule has 0 radical (unpaired) electrons. The van der Waals surface area contributed by atoms with E-state index in [4.69, 9.17) is 0 Å². The number of nitrogens with zero attached hydrogens (tertiary/aromatic N) is 2. The Hall–Kier alpha value is -1.75. The summed E-state index contributed by atoms with van der Waals surface area (Å²) in [6.07, 6.45) is 0. The van der Waals surface area contributed by atoms with E-state index in [9.17, 15) is 10.1 Å². The van der Waals surface area contributed by atoms with Crippen LogP contribution in [0.3, 0.4) is 0 Å². The number of aromatic nitrogens is 1. The topological polar surface area (TPSA) is 56.0 Å². The number of hydrogen-bond acceptors (Lipinski definition) is 4. The standard InChI is InChI=1S/C13H14N2O2S/c1-13(2,3)12-14-11(8-18-12)9-5-4-6-10(7-9)15(16)17/h4-8H,1-3H3. The molecule has 0 saturated carbocycles. The highest BCUT2D eigenvalue weighted by atomic mass is 32.1. The Bertz CT molecular complexity index is 585. The molecule has 18 heavy (non-hydrogen) atoms. The van der Waals surface area contributed by atoms with Gasteiger partial charge in [0.2, 0.25) is 0 Å². The monoisotopic (exact) mass is 262 g/mol. The molecule has 0 atom stereocenters. The van der Waals surface area contributed by atoms with Gasteiger partial charge in [0.25, 0.3) is 5.69 Å². The lowest BCUT2D eigenvalue weighted by Gasteiger charge is -2.13. The first kappa shape index (κ1) is 12.7. The predicted molar refractivity (Wildman–Crippen MR) is 72.9 cm³/mol. The maximum absolute atomic E-state index is 10.7. The van der Waals surface area contributed by atoms with E-state index in [0.29, 0.717) is 0 Å². The number of nitro groups is 1. The second kappa shape index (κ2) is 4.49. The molecule has 1 aromatic heterocycles. The quantitative estimate of drug-likeness (QED) is 0.606. The Labute approximate surface area is 109 Å². The molecule has 0 aliphatic rings. The summed E-state index contributed by atoms with van der Waals surface area (Å²) in [4.78, 5) is 14.9. The van der Waals surface area contributed by atoms with Gasteiger partial charge in [-0.1, -0.05) is 32.9 Å². The van der Waals surface area contributed by atoms with Crippen molar-refractivity contribution < 1.29 is 4.92 Å². The molecule has 2 rings (SSSR count). The fourth-order valence-electron chi connectivity index (χ4n) is 1.53. The molecule has 0 spiro atoms. The molecule has 1 heterocycles. The lowest BCUT2D eigenvalue weighted by molar-refractivity contribution is -0.384. The normalized spacial score (nSPS) is 11.5. The van der Waals surface area contributed by atoms with Gasteiger partial charge in [-0.2, -0.15) is 0 Å². The van der Waals surface area contributed by atoms with Gasteiger partial charge in [0, 0.05) is 28.5 Å². The SMILES string of the molecule is CC(C)(C)c1nc(-c2cccc([N+](=O)[O-])c2)cs1. The third-order valence-corrected chi connectivity index (χ3v) is 3.77. The van der Waals surface area contributed by atoms with Gasteiger partial charge in [-0.05, 0) is 0 Å². The number of thiazole rings is 1. The van der Waals surface area contributed by atoms with Gasteiger partial charge < -0.3 is 0 Å². The van der Waals surface area contributed by atoms with E-state index in [0.717, 1.165) is 16.3 Å². The predicted octanol–water partition coefficient (Wildman–Crippen LogP) is 4.02. The van der Waals surface area contributed by atoms with Crippen LogP contribution in [-0.4, -0.2) is 9.91 Å². The molecule has 2 aromatic rings. The van der Waals surface area contributed by atoms with E-state index in [1.54, 1.807) is 23.5 Å². The number of rotatable bonds is 2. The molecular weight excluding hydrogens is 248 g/mol. The van der Waals surface area contributed by atoms with E-state index in [1.165, 1.54) is 6.07 Å². The third kappa shape index (κ3) is 2.56. The zero-order valence-electron chi connectivity index (χ0n) is 10.5. The smallest absolute Gasteiger partial charge is 0.258 e. The fraction of sp³-hybridized carbons (Fsp3) is 0.308. The third-order valence-electron chi connectivity index (χ3n) is 2.50. The van der Waals surface area contributed by atoms with Crippen LogP contribution in [0.5, 0.6) is 0 Å². The van der Waals surface area contributed by atoms with Gasteiger partial charge in [0.1, 0.15) is 0 Å². The fourth-order valence-corrected chi connectivity index (χ4v) is 2.45. The Balaban J connectivity index is 2.40. The Morgan fingerprint density at radius 1 is 1.33 bits per heavy atom. The molecule has 0 fully saturated rings. The molecule has 0 unspecified atom stereocenters. The van der Waals surface area contributed by atoms with Gasteiger partial charge in [-0.25, -0.2) is 4.98 Å². The van der Waals surface area contributed by atoms with Crippen LogP contribution >= 0.6 is 11.3 Å². The number of hydrogen-bond donors (Lipinski definition) is 0.